The summed E-state index contributed by atoms with van der Waals surface area (Å²) < 4.78 is 80.0. The zero-order valence-electron chi connectivity index (χ0n) is 19.1. The number of aromatic nitrogens is 1. The largest absolute Gasteiger partial charge is 0.435 e. The standard InChI is InChI=1S/C23H18F6N4O4/c1-13-7-14(17-8-21(37-31-17,23(27,28)29)15-3-2-6-30-9-15)4-5-16(13)20(36)32-10-18(34)33(19(35)11-32)12-22(24,25)26/h2-7,9H,8,10-12H2,1H3. The minimum absolute atomic E-state index is 0.0162. The monoisotopic (exact) mass is 528 g/mol. The molecule has 8 nitrogen and oxygen atoms in total. The van der Waals surface area contributed by atoms with Crippen molar-refractivity contribution in [2.24, 2.45) is 5.16 Å². The van der Waals surface area contributed by atoms with Gasteiger partial charge in [0, 0.05) is 23.5 Å². The van der Waals surface area contributed by atoms with Crippen LogP contribution in [0.4, 0.5) is 26.3 Å². The molecule has 14 heteroatoms. The van der Waals surface area contributed by atoms with E-state index in [1.54, 1.807) is 0 Å². The molecule has 1 saturated heterocycles. The third-order valence-electron chi connectivity index (χ3n) is 5.98. The summed E-state index contributed by atoms with van der Waals surface area (Å²) in [6.45, 7) is -1.74. The van der Waals surface area contributed by atoms with Gasteiger partial charge < -0.3 is 9.74 Å². The van der Waals surface area contributed by atoms with Gasteiger partial charge >= 0.3 is 12.4 Å². The van der Waals surface area contributed by atoms with E-state index in [-0.39, 0.29) is 32.9 Å². The van der Waals surface area contributed by atoms with E-state index in [1.165, 1.54) is 43.5 Å². The minimum Gasteiger partial charge on any atom is -0.374 e. The maximum atomic E-state index is 14.0. The smallest absolute Gasteiger partial charge is 0.374 e. The number of pyridine rings is 1. The highest BCUT2D eigenvalue weighted by Gasteiger charge is 2.62. The number of benzene rings is 1. The fourth-order valence-electron chi connectivity index (χ4n) is 4.11. The topological polar surface area (TPSA) is 92.2 Å². The number of piperazine rings is 1. The summed E-state index contributed by atoms with van der Waals surface area (Å²) in [5.74, 6) is -3.14. The van der Waals surface area contributed by atoms with Crippen molar-refractivity contribution < 1.29 is 45.6 Å². The quantitative estimate of drug-likeness (QED) is 0.449. The Balaban J connectivity index is 1.53. The molecule has 2 aromatic rings. The summed E-state index contributed by atoms with van der Waals surface area (Å²) in [7, 11) is 0. The normalized spacial score (nSPS) is 20.7. The number of aryl methyl sites for hydroxylation is 1. The lowest BCUT2D eigenvalue weighted by Gasteiger charge is -2.33. The third-order valence-corrected chi connectivity index (χ3v) is 5.98. The van der Waals surface area contributed by atoms with Gasteiger partial charge in [0.2, 0.25) is 11.8 Å². The lowest BCUT2D eigenvalue weighted by molar-refractivity contribution is -0.276. The van der Waals surface area contributed by atoms with Crippen LogP contribution in [0.1, 0.15) is 33.5 Å². The maximum Gasteiger partial charge on any atom is 0.435 e. The molecular formula is C23H18F6N4O4. The van der Waals surface area contributed by atoms with Crippen molar-refractivity contribution in [3.05, 3.63) is 65.0 Å². The zero-order valence-corrected chi connectivity index (χ0v) is 19.1. The van der Waals surface area contributed by atoms with E-state index in [0.717, 1.165) is 11.1 Å². The summed E-state index contributed by atoms with van der Waals surface area (Å²) in [5, 5.41) is 3.65. The fourth-order valence-corrected chi connectivity index (χ4v) is 4.11. The van der Waals surface area contributed by atoms with Crippen LogP contribution in [-0.4, -0.2) is 70.2 Å². The number of amides is 3. The Hall–Kier alpha value is -3.97. The number of rotatable bonds is 4. The number of hydrogen-bond donors (Lipinski definition) is 0. The van der Waals surface area contributed by atoms with Crippen LogP contribution in [0.25, 0.3) is 0 Å². The lowest BCUT2D eigenvalue weighted by atomic mass is 9.87. The third kappa shape index (κ3) is 5.00. The first-order valence-corrected chi connectivity index (χ1v) is 10.7. The van der Waals surface area contributed by atoms with Gasteiger partial charge in [0.25, 0.3) is 11.5 Å². The molecule has 3 heterocycles. The van der Waals surface area contributed by atoms with Crippen molar-refractivity contribution in [1.82, 2.24) is 14.8 Å². The molecule has 196 valence electrons. The van der Waals surface area contributed by atoms with E-state index in [0.29, 0.717) is 0 Å². The SMILES string of the molecule is Cc1cc(C2=NOC(c3cccnc3)(C(F)(F)F)C2)ccc1C(=O)N1CC(=O)N(CC(F)(F)F)C(=O)C1. The molecule has 2 aliphatic heterocycles. The molecule has 2 aliphatic rings. The second kappa shape index (κ2) is 9.16. The molecule has 1 atom stereocenters. The van der Waals surface area contributed by atoms with E-state index in [9.17, 15) is 40.7 Å². The van der Waals surface area contributed by atoms with Crippen molar-refractivity contribution in [1.29, 1.82) is 0 Å². The number of imide groups is 1. The molecule has 37 heavy (non-hydrogen) atoms. The summed E-state index contributed by atoms with van der Waals surface area (Å²) >= 11 is 0. The van der Waals surface area contributed by atoms with Gasteiger partial charge in [-0.2, -0.15) is 26.3 Å². The number of nitrogens with zero attached hydrogens (tertiary/aromatic N) is 4. The van der Waals surface area contributed by atoms with Crippen LogP contribution < -0.4 is 0 Å². The summed E-state index contributed by atoms with van der Waals surface area (Å²) in [6, 6.07) is 6.58. The first kappa shape index (κ1) is 26.1. The van der Waals surface area contributed by atoms with Crippen LogP contribution in [0.3, 0.4) is 0 Å². The molecule has 0 N–H and O–H groups in total. The first-order valence-electron chi connectivity index (χ1n) is 10.7. The Morgan fingerprint density at radius 2 is 1.76 bits per heavy atom. The van der Waals surface area contributed by atoms with Crippen LogP contribution >= 0.6 is 0 Å². The Labute approximate surface area is 205 Å². The number of carbonyl (C=O) groups is 3. The number of alkyl halides is 6. The highest BCUT2D eigenvalue weighted by atomic mass is 19.4. The molecule has 0 radical (unpaired) electrons. The van der Waals surface area contributed by atoms with Gasteiger partial charge in [0.15, 0.2) is 0 Å². The Bertz CT molecular complexity index is 1260. The van der Waals surface area contributed by atoms with Gasteiger partial charge in [-0.1, -0.05) is 17.3 Å². The number of hydrogen-bond acceptors (Lipinski definition) is 6. The van der Waals surface area contributed by atoms with Crippen molar-refractivity contribution in [3.8, 4) is 0 Å². The van der Waals surface area contributed by atoms with Crippen molar-refractivity contribution >= 4 is 23.4 Å². The number of halogens is 6. The predicted octanol–water partition coefficient (Wildman–Crippen LogP) is 3.35. The first-order chi connectivity index (χ1) is 17.2. The van der Waals surface area contributed by atoms with Crippen LogP contribution in [0.2, 0.25) is 0 Å². The van der Waals surface area contributed by atoms with Crippen LogP contribution in [-0.2, 0) is 20.0 Å². The lowest BCUT2D eigenvalue weighted by Crippen LogP contribution is -2.57. The van der Waals surface area contributed by atoms with E-state index in [4.69, 9.17) is 4.84 Å². The van der Waals surface area contributed by atoms with Crippen molar-refractivity contribution in [2.45, 2.75) is 31.3 Å². The van der Waals surface area contributed by atoms with E-state index >= 15 is 0 Å². The molecule has 4 rings (SSSR count). The van der Waals surface area contributed by atoms with Gasteiger partial charge in [-0.25, -0.2) is 0 Å². The average molecular weight is 528 g/mol. The van der Waals surface area contributed by atoms with Gasteiger partial charge in [-0.15, -0.1) is 0 Å². The minimum atomic E-state index is -4.82. The molecule has 0 aliphatic carbocycles. The Morgan fingerprint density at radius 3 is 2.30 bits per heavy atom. The zero-order chi connectivity index (χ0) is 27.2. The van der Waals surface area contributed by atoms with E-state index in [2.05, 4.69) is 10.1 Å². The molecule has 1 fully saturated rings. The van der Waals surface area contributed by atoms with Crippen LogP contribution in [0.15, 0.2) is 47.9 Å². The molecule has 1 aromatic heterocycles. The van der Waals surface area contributed by atoms with E-state index in [1.807, 2.05) is 0 Å². The average Bonchev–Trinajstić information content (AvgIpc) is 3.28. The Kier molecular flexibility index (Phi) is 6.46. The second-order valence-electron chi connectivity index (χ2n) is 8.55. The summed E-state index contributed by atoms with van der Waals surface area (Å²) in [4.78, 5) is 46.6. The number of carbonyl (C=O) groups excluding carboxylic acids is 3. The molecule has 1 unspecified atom stereocenters. The van der Waals surface area contributed by atoms with Crippen LogP contribution in [0, 0.1) is 6.92 Å². The Morgan fingerprint density at radius 1 is 1.08 bits per heavy atom. The van der Waals surface area contributed by atoms with Gasteiger partial charge in [0.05, 0.1) is 12.1 Å². The molecule has 0 bridgehead atoms. The van der Waals surface area contributed by atoms with Gasteiger partial charge in [0.1, 0.15) is 19.6 Å². The maximum absolute atomic E-state index is 14.0. The molecule has 3 amide bonds. The fraction of sp³-hybridized carbons (Fsp3) is 0.348. The van der Waals surface area contributed by atoms with Gasteiger partial charge in [-0.3, -0.25) is 24.3 Å². The van der Waals surface area contributed by atoms with Crippen LogP contribution in [0.5, 0.6) is 0 Å². The highest BCUT2D eigenvalue weighted by molar-refractivity contribution is 6.07. The summed E-state index contributed by atoms with van der Waals surface area (Å²) in [5.41, 5.74) is -2.46. The molecule has 1 aromatic carbocycles. The molecule has 0 saturated carbocycles. The predicted molar refractivity (Wildman–Crippen MR) is 114 cm³/mol. The van der Waals surface area contributed by atoms with E-state index < -0.39 is 61.7 Å². The second-order valence-corrected chi connectivity index (χ2v) is 8.55. The van der Waals surface area contributed by atoms with Crippen molar-refractivity contribution in [2.75, 3.05) is 19.6 Å². The number of oxime groups is 1. The highest BCUT2D eigenvalue weighted by Crippen LogP contribution is 2.48. The van der Waals surface area contributed by atoms with Crippen molar-refractivity contribution in [3.63, 3.8) is 0 Å². The van der Waals surface area contributed by atoms with Gasteiger partial charge in [-0.05, 0) is 36.2 Å². The molecular weight excluding hydrogens is 510 g/mol. The summed E-state index contributed by atoms with van der Waals surface area (Å²) in [6.07, 6.45) is -7.90. The molecule has 0 spiro atoms.